The molecule has 20 heavy (non-hydrogen) atoms. The first-order chi connectivity index (χ1) is 8.79. The second kappa shape index (κ2) is 10.6. The van der Waals surface area contributed by atoms with Gasteiger partial charge in [0, 0.05) is 58.9 Å². The van der Waals surface area contributed by atoms with E-state index in [1.54, 1.807) is 0 Å². The van der Waals surface area contributed by atoms with Crippen LogP contribution in [0.5, 0.6) is 0 Å². The molecule has 0 unspecified atom stereocenters. The molecular weight excluding hydrogens is 301 g/mol. The van der Waals surface area contributed by atoms with Crippen molar-refractivity contribution < 1.29 is 9.53 Å². The zero-order valence-corrected chi connectivity index (χ0v) is 13.6. The molecule has 1 amide bonds. The number of rotatable bonds is 4. The van der Waals surface area contributed by atoms with Crippen molar-refractivity contribution in [1.82, 2.24) is 9.80 Å². The Kier molecular flexibility index (Phi) is 10.6. The lowest BCUT2D eigenvalue weighted by Crippen LogP contribution is -2.50. The molecule has 7 heteroatoms. The van der Waals surface area contributed by atoms with Crippen LogP contribution < -0.4 is 5.73 Å². The number of nitrogens with zero attached hydrogens (tertiary/aromatic N) is 2. The summed E-state index contributed by atoms with van der Waals surface area (Å²) in [6.07, 6.45) is 2.86. The summed E-state index contributed by atoms with van der Waals surface area (Å²) < 4.78 is 5.38. The van der Waals surface area contributed by atoms with E-state index in [2.05, 4.69) is 4.90 Å². The van der Waals surface area contributed by atoms with E-state index in [1.165, 1.54) is 19.4 Å². The lowest BCUT2D eigenvalue weighted by atomic mass is 9.99. The maximum atomic E-state index is 11.7. The van der Waals surface area contributed by atoms with E-state index >= 15 is 0 Å². The van der Waals surface area contributed by atoms with Gasteiger partial charge in [0.15, 0.2) is 0 Å². The minimum absolute atomic E-state index is 0. The van der Waals surface area contributed by atoms with Crippen LogP contribution in [0.3, 0.4) is 0 Å². The monoisotopic (exact) mass is 327 g/mol. The number of carbonyl (C=O) groups excluding carboxylic acids is 1. The first-order valence-corrected chi connectivity index (χ1v) is 7.07. The standard InChI is InChI=1S/C13H25N3O2.2ClH/c14-4-1-13(17)16-7-5-15(6-8-16)11-12-2-9-18-10-3-12;;/h12H,1-11,14H2;2*1H. The highest BCUT2D eigenvalue weighted by Crippen LogP contribution is 2.17. The summed E-state index contributed by atoms with van der Waals surface area (Å²) in [5, 5.41) is 0. The molecule has 0 atom stereocenters. The van der Waals surface area contributed by atoms with Crippen LogP contribution in [0.1, 0.15) is 19.3 Å². The molecular formula is C13H27Cl2N3O2. The summed E-state index contributed by atoms with van der Waals surface area (Å²) in [7, 11) is 0. The van der Waals surface area contributed by atoms with E-state index in [0.29, 0.717) is 13.0 Å². The number of piperazine rings is 1. The number of hydrogen-bond donors (Lipinski definition) is 1. The third-order valence-corrected chi connectivity index (χ3v) is 3.94. The Morgan fingerprint density at radius 2 is 1.70 bits per heavy atom. The van der Waals surface area contributed by atoms with Crippen LogP contribution in [0.25, 0.3) is 0 Å². The third-order valence-electron chi connectivity index (χ3n) is 3.94. The Labute approximate surface area is 134 Å². The molecule has 2 aliphatic heterocycles. The minimum Gasteiger partial charge on any atom is -0.381 e. The molecule has 2 rings (SSSR count). The number of amides is 1. The van der Waals surface area contributed by atoms with Crippen LogP contribution in [0.4, 0.5) is 0 Å². The van der Waals surface area contributed by atoms with E-state index in [4.69, 9.17) is 10.5 Å². The summed E-state index contributed by atoms with van der Waals surface area (Å²) in [5.74, 6) is 0.994. The molecule has 2 N–H and O–H groups in total. The van der Waals surface area contributed by atoms with Crippen molar-refractivity contribution in [3.63, 3.8) is 0 Å². The van der Waals surface area contributed by atoms with Crippen molar-refractivity contribution >= 4 is 30.7 Å². The lowest BCUT2D eigenvalue weighted by Gasteiger charge is -2.37. The van der Waals surface area contributed by atoms with Crippen LogP contribution in [0.15, 0.2) is 0 Å². The van der Waals surface area contributed by atoms with Crippen molar-refractivity contribution in [2.75, 3.05) is 52.5 Å². The van der Waals surface area contributed by atoms with Gasteiger partial charge in [0.25, 0.3) is 0 Å². The summed E-state index contributed by atoms with van der Waals surface area (Å²) in [6.45, 7) is 7.20. The number of halogens is 2. The van der Waals surface area contributed by atoms with Gasteiger partial charge >= 0.3 is 0 Å². The Balaban J connectivity index is 0.00000180. The molecule has 120 valence electrons. The normalized spacial score (nSPS) is 20.9. The van der Waals surface area contributed by atoms with E-state index in [9.17, 15) is 4.79 Å². The van der Waals surface area contributed by atoms with Crippen LogP contribution >= 0.6 is 24.8 Å². The van der Waals surface area contributed by atoms with Gasteiger partial charge in [0.2, 0.25) is 5.91 Å². The Morgan fingerprint density at radius 3 is 2.25 bits per heavy atom. The number of nitrogens with two attached hydrogens (primary N) is 1. The highest BCUT2D eigenvalue weighted by atomic mass is 35.5. The SMILES string of the molecule is Cl.Cl.NCCC(=O)N1CCN(CC2CCOCC2)CC1. The van der Waals surface area contributed by atoms with Crippen LogP contribution in [0.2, 0.25) is 0 Å². The molecule has 0 saturated carbocycles. The topological polar surface area (TPSA) is 58.8 Å². The Hall–Kier alpha value is -0.0700. The van der Waals surface area contributed by atoms with Gasteiger partial charge in [-0.2, -0.15) is 0 Å². The maximum Gasteiger partial charge on any atom is 0.223 e. The van der Waals surface area contributed by atoms with Crippen molar-refractivity contribution in [2.45, 2.75) is 19.3 Å². The van der Waals surface area contributed by atoms with Gasteiger partial charge in [-0.05, 0) is 18.8 Å². The fraction of sp³-hybridized carbons (Fsp3) is 0.923. The highest BCUT2D eigenvalue weighted by molar-refractivity contribution is 5.85. The number of carbonyl (C=O) groups is 1. The maximum absolute atomic E-state index is 11.7. The van der Waals surface area contributed by atoms with Gasteiger partial charge in [-0.25, -0.2) is 0 Å². The predicted octanol–water partition coefficient (Wildman–Crippen LogP) is 0.750. The molecule has 0 aromatic rings. The summed E-state index contributed by atoms with van der Waals surface area (Å²) in [5.41, 5.74) is 5.42. The van der Waals surface area contributed by atoms with Gasteiger partial charge in [0.1, 0.15) is 0 Å². The van der Waals surface area contributed by atoms with E-state index in [0.717, 1.165) is 45.3 Å². The molecule has 0 radical (unpaired) electrons. The second-order valence-corrected chi connectivity index (χ2v) is 5.28. The summed E-state index contributed by atoms with van der Waals surface area (Å²) >= 11 is 0. The fourth-order valence-corrected chi connectivity index (χ4v) is 2.76. The molecule has 2 aliphatic rings. The molecule has 0 aromatic carbocycles. The smallest absolute Gasteiger partial charge is 0.223 e. The van der Waals surface area contributed by atoms with Gasteiger partial charge in [-0.3, -0.25) is 9.69 Å². The van der Waals surface area contributed by atoms with Crippen LogP contribution in [0, 0.1) is 5.92 Å². The molecule has 0 spiro atoms. The molecule has 2 fully saturated rings. The number of ether oxygens (including phenoxy) is 1. The minimum atomic E-state index is 0. The number of hydrogen-bond acceptors (Lipinski definition) is 4. The van der Waals surface area contributed by atoms with Gasteiger partial charge in [0.05, 0.1) is 0 Å². The van der Waals surface area contributed by atoms with Crippen molar-refractivity contribution in [3.8, 4) is 0 Å². The van der Waals surface area contributed by atoms with E-state index in [-0.39, 0.29) is 30.7 Å². The van der Waals surface area contributed by atoms with Gasteiger partial charge in [-0.15, -0.1) is 24.8 Å². The average Bonchev–Trinajstić information content (AvgIpc) is 2.41. The van der Waals surface area contributed by atoms with Crippen LogP contribution in [-0.4, -0.2) is 68.2 Å². The van der Waals surface area contributed by atoms with E-state index < -0.39 is 0 Å². The first kappa shape index (κ1) is 19.9. The third kappa shape index (κ3) is 6.14. The van der Waals surface area contributed by atoms with Crippen molar-refractivity contribution in [2.24, 2.45) is 11.7 Å². The zero-order chi connectivity index (χ0) is 12.8. The molecule has 0 bridgehead atoms. The summed E-state index contributed by atoms with van der Waals surface area (Å²) in [6, 6.07) is 0. The molecule has 2 heterocycles. The first-order valence-electron chi connectivity index (χ1n) is 7.07. The van der Waals surface area contributed by atoms with Crippen molar-refractivity contribution in [1.29, 1.82) is 0 Å². The Morgan fingerprint density at radius 1 is 1.10 bits per heavy atom. The fourth-order valence-electron chi connectivity index (χ4n) is 2.76. The van der Waals surface area contributed by atoms with E-state index in [1.807, 2.05) is 4.90 Å². The summed E-state index contributed by atoms with van der Waals surface area (Å²) in [4.78, 5) is 16.1. The Bertz CT molecular complexity index is 268. The lowest BCUT2D eigenvalue weighted by molar-refractivity contribution is -0.132. The van der Waals surface area contributed by atoms with Crippen LogP contribution in [-0.2, 0) is 9.53 Å². The predicted molar refractivity (Wildman–Crippen MR) is 84.7 cm³/mol. The zero-order valence-electron chi connectivity index (χ0n) is 12.0. The highest BCUT2D eigenvalue weighted by Gasteiger charge is 2.23. The average molecular weight is 328 g/mol. The van der Waals surface area contributed by atoms with Crippen molar-refractivity contribution in [3.05, 3.63) is 0 Å². The van der Waals surface area contributed by atoms with Gasteiger partial charge in [-0.1, -0.05) is 0 Å². The largest absolute Gasteiger partial charge is 0.381 e. The molecule has 0 aromatic heterocycles. The molecule has 2 saturated heterocycles. The molecule has 0 aliphatic carbocycles. The second-order valence-electron chi connectivity index (χ2n) is 5.28. The molecule has 5 nitrogen and oxygen atoms in total. The van der Waals surface area contributed by atoms with Gasteiger partial charge < -0.3 is 15.4 Å². The quantitative estimate of drug-likeness (QED) is 0.827.